The number of hydrogen-bond donors (Lipinski definition) is 3. The summed E-state index contributed by atoms with van der Waals surface area (Å²) < 4.78 is 0. The first kappa shape index (κ1) is 15.1. The number of nitrogens with two attached hydrogens (primary N) is 1. The van der Waals surface area contributed by atoms with E-state index in [0.717, 1.165) is 0 Å². The highest BCUT2D eigenvalue weighted by molar-refractivity contribution is 5.76. The Bertz CT molecular complexity index is 355. The average Bonchev–Trinajstić information content (AvgIpc) is 2.20. The molecular weight excluding hydrogens is 256 g/mol. The lowest BCUT2D eigenvalue weighted by molar-refractivity contribution is -0.657. The first-order valence-corrected chi connectivity index (χ1v) is 4.32. The third kappa shape index (κ3) is 7.37. The topological polar surface area (TPSA) is 195 Å². The molecule has 0 aromatic heterocycles. The second kappa shape index (κ2) is 7.36. The lowest BCUT2D eigenvalue weighted by atomic mass is 10.6. The molecule has 0 aliphatic heterocycles. The fraction of sp³-hybridized carbons (Fsp3) is 0.750. The molecule has 0 saturated carbocycles. The molecule has 4 N–H and O–H groups in total. The molecule has 0 aromatic carbocycles. The molecule has 0 spiro atoms. The number of guanidine groups is 1. The van der Waals surface area contributed by atoms with E-state index >= 15 is 0 Å². The van der Waals surface area contributed by atoms with Crippen molar-refractivity contribution < 1.29 is 15.1 Å². The van der Waals surface area contributed by atoms with Gasteiger partial charge in [-0.2, -0.15) is 0 Å². The van der Waals surface area contributed by atoms with Gasteiger partial charge in [-0.25, -0.2) is 30.3 Å². The third-order valence-electron chi connectivity index (χ3n) is 1.47. The van der Waals surface area contributed by atoms with E-state index in [1.165, 1.54) is 0 Å². The van der Waals surface area contributed by atoms with Gasteiger partial charge >= 0.3 is 0 Å². The van der Waals surface area contributed by atoms with E-state index in [4.69, 9.17) is 5.73 Å². The summed E-state index contributed by atoms with van der Waals surface area (Å²) in [5, 5.41) is 32.8. The second-order valence-corrected chi connectivity index (χ2v) is 2.69. The normalized spacial score (nSPS) is 10.6. The van der Waals surface area contributed by atoms with Crippen molar-refractivity contribution in [1.29, 1.82) is 0 Å². The highest BCUT2D eigenvalue weighted by Crippen LogP contribution is 1.85. The van der Waals surface area contributed by atoms with Crippen molar-refractivity contribution in [3.63, 3.8) is 0 Å². The van der Waals surface area contributed by atoms with Crippen molar-refractivity contribution in [2.75, 3.05) is 19.8 Å². The number of hydrazone groups is 1. The van der Waals surface area contributed by atoms with Crippen LogP contribution in [0, 0.1) is 30.3 Å². The van der Waals surface area contributed by atoms with Gasteiger partial charge in [-0.15, -0.1) is 10.4 Å². The van der Waals surface area contributed by atoms with Crippen LogP contribution >= 0.6 is 0 Å². The number of nitro groups is 3. The van der Waals surface area contributed by atoms with Crippen LogP contribution in [-0.4, -0.2) is 45.8 Å². The van der Waals surface area contributed by atoms with Crippen LogP contribution in [0.4, 0.5) is 0 Å². The maximum Gasteiger partial charge on any atom is 0.267 e. The molecule has 0 radical (unpaired) electrons. The molecule has 0 fully saturated rings. The standard InChI is InChI=1S/C4H10N8O6/c5-4(8-11(15)16)6-3-9(12(17)18)2-1-7-10(13)14/h7H,1-3H2,(H3,5,6,8). The van der Waals surface area contributed by atoms with Gasteiger partial charge in [0.15, 0.2) is 15.1 Å². The Labute approximate surface area is 98.8 Å². The Hall–Kier alpha value is -2.93. The van der Waals surface area contributed by atoms with Crippen molar-refractivity contribution in [3.8, 4) is 0 Å². The van der Waals surface area contributed by atoms with Gasteiger partial charge in [-0.3, -0.25) is 0 Å². The van der Waals surface area contributed by atoms with Gasteiger partial charge in [0, 0.05) is 0 Å². The Balaban J connectivity index is 4.16. The van der Waals surface area contributed by atoms with E-state index < -0.39 is 27.7 Å². The van der Waals surface area contributed by atoms with Crippen molar-refractivity contribution in [2.45, 2.75) is 0 Å². The smallest absolute Gasteiger partial charge is 0.267 e. The number of nitrogens with zero attached hydrogens (tertiary/aromatic N) is 5. The number of nitrogens with one attached hydrogen (secondary N) is 2. The number of rotatable bonds is 8. The number of hydrogen-bond acceptors (Lipinski definition) is 6. The Morgan fingerprint density at radius 2 is 1.89 bits per heavy atom. The molecule has 18 heavy (non-hydrogen) atoms. The zero-order chi connectivity index (χ0) is 14.1. The highest BCUT2D eigenvalue weighted by atomic mass is 16.7. The van der Waals surface area contributed by atoms with Gasteiger partial charge < -0.3 is 11.1 Å². The zero-order valence-electron chi connectivity index (χ0n) is 8.88. The van der Waals surface area contributed by atoms with Gasteiger partial charge in [0.05, 0.1) is 6.54 Å². The summed E-state index contributed by atoms with van der Waals surface area (Å²) in [5.41, 5.74) is 6.75. The fourth-order valence-electron chi connectivity index (χ4n) is 0.784. The minimum Gasteiger partial charge on any atom is -0.365 e. The Morgan fingerprint density at radius 1 is 1.28 bits per heavy atom. The molecule has 0 aliphatic rings. The van der Waals surface area contributed by atoms with Crippen LogP contribution in [0.15, 0.2) is 5.10 Å². The van der Waals surface area contributed by atoms with E-state index in [1.54, 1.807) is 5.43 Å². The molecular formula is C4H10N8O6. The van der Waals surface area contributed by atoms with Gasteiger partial charge in [0.2, 0.25) is 0 Å². The van der Waals surface area contributed by atoms with E-state index in [9.17, 15) is 30.3 Å². The minimum atomic E-state index is -1.08. The van der Waals surface area contributed by atoms with Gasteiger partial charge in [-0.1, -0.05) is 0 Å². The molecule has 102 valence electrons. The van der Waals surface area contributed by atoms with Crippen LogP contribution in [0.25, 0.3) is 0 Å². The van der Waals surface area contributed by atoms with Gasteiger partial charge in [-0.05, 0) is 0 Å². The summed E-state index contributed by atoms with van der Waals surface area (Å²) in [5.74, 6) is -0.617. The number of hydrazine groups is 2. The van der Waals surface area contributed by atoms with Crippen LogP contribution in [0.3, 0.4) is 0 Å². The molecule has 0 heterocycles. The monoisotopic (exact) mass is 266 g/mol. The van der Waals surface area contributed by atoms with E-state index in [0.29, 0.717) is 5.01 Å². The predicted molar refractivity (Wildman–Crippen MR) is 55.3 cm³/mol. The third-order valence-corrected chi connectivity index (χ3v) is 1.47. The molecule has 0 saturated heterocycles. The molecule has 0 amide bonds. The lowest BCUT2D eigenvalue weighted by Gasteiger charge is -2.13. The van der Waals surface area contributed by atoms with E-state index in [1.807, 2.05) is 0 Å². The SMILES string of the molecule is NC(=N[N+](=O)[O-])NCN(CCN[N+](=O)[O-])[N+](=O)[O-]. The maximum absolute atomic E-state index is 10.5. The van der Waals surface area contributed by atoms with Gasteiger partial charge in [0.1, 0.15) is 18.3 Å². The van der Waals surface area contributed by atoms with Crippen molar-refractivity contribution in [1.82, 2.24) is 15.8 Å². The summed E-state index contributed by atoms with van der Waals surface area (Å²) in [6.45, 7) is -1.09. The van der Waals surface area contributed by atoms with E-state index in [-0.39, 0.29) is 13.1 Å². The Kier molecular flexibility index (Phi) is 6.16. The molecule has 14 heteroatoms. The van der Waals surface area contributed by atoms with Gasteiger partial charge in [0.25, 0.3) is 5.96 Å². The molecule has 14 nitrogen and oxygen atoms in total. The average molecular weight is 266 g/mol. The fourth-order valence-corrected chi connectivity index (χ4v) is 0.784. The quantitative estimate of drug-likeness (QED) is 0.137. The first-order chi connectivity index (χ1) is 8.32. The van der Waals surface area contributed by atoms with E-state index in [2.05, 4.69) is 10.4 Å². The maximum atomic E-state index is 10.5. The van der Waals surface area contributed by atoms with Crippen LogP contribution < -0.4 is 16.5 Å². The minimum absolute atomic E-state index is 0.290. The van der Waals surface area contributed by atoms with Crippen LogP contribution in [-0.2, 0) is 0 Å². The molecule has 0 rings (SSSR count). The summed E-state index contributed by atoms with van der Waals surface area (Å²) in [6.07, 6.45) is 0. The summed E-state index contributed by atoms with van der Waals surface area (Å²) in [6, 6.07) is 0. The van der Waals surface area contributed by atoms with Crippen LogP contribution in [0.1, 0.15) is 0 Å². The van der Waals surface area contributed by atoms with Crippen molar-refractivity contribution >= 4 is 5.96 Å². The molecule has 0 aromatic rings. The second-order valence-electron chi connectivity index (χ2n) is 2.69. The van der Waals surface area contributed by atoms with Crippen molar-refractivity contribution in [3.05, 3.63) is 30.3 Å². The van der Waals surface area contributed by atoms with Crippen molar-refractivity contribution in [2.24, 2.45) is 10.8 Å². The first-order valence-electron chi connectivity index (χ1n) is 4.32. The summed E-state index contributed by atoms with van der Waals surface area (Å²) in [7, 11) is 0. The van der Waals surface area contributed by atoms with Crippen LogP contribution in [0.5, 0.6) is 0 Å². The lowest BCUT2D eigenvalue weighted by Crippen LogP contribution is -2.46. The summed E-state index contributed by atoms with van der Waals surface area (Å²) >= 11 is 0. The Morgan fingerprint density at radius 3 is 2.33 bits per heavy atom. The highest BCUT2D eigenvalue weighted by Gasteiger charge is 2.15. The molecule has 0 unspecified atom stereocenters. The molecule has 0 bridgehead atoms. The zero-order valence-corrected chi connectivity index (χ0v) is 8.88. The molecule has 0 aliphatic carbocycles. The molecule has 0 atom stereocenters. The summed E-state index contributed by atoms with van der Waals surface area (Å²) in [4.78, 5) is 30.3. The predicted octanol–water partition coefficient (Wildman–Crippen LogP) is -2.69. The van der Waals surface area contributed by atoms with Crippen LogP contribution in [0.2, 0.25) is 0 Å². The largest absolute Gasteiger partial charge is 0.365 e.